The van der Waals surface area contributed by atoms with Crippen molar-refractivity contribution in [3.8, 4) is 5.75 Å². The first-order valence-electron chi connectivity index (χ1n) is 9.47. The first-order chi connectivity index (χ1) is 14.0. The van der Waals surface area contributed by atoms with Crippen molar-refractivity contribution in [2.24, 2.45) is 0 Å². The number of hydrogen-bond donors (Lipinski definition) is 1. The van der Waals surface area contributed by atoms with Gasteiger partial charge in [-0.15, -0.1) is 11.3 Å². The van der Waals surface area contributed by atoms with Gasteiger partial charge in [0, 0.05) is 31.3 Å². The third-order valence-corrected chi connectivity index (χ3v) is 7.23. The van der Waals surface area contributed by atoms with E-state index in [-0.39, 0.29) is 16.3 Å². The molecule has 0 bridgehead atoms. The van der Waals surface area contributed by atoms with Gasteiger partial charge in [-0.3, -0.25) is 4.79 Å². The summed E-state index contributed by atoms with van der Waals surface area (Å²) in [6.45, 7) is 3.46. The molecule has 2 aromatic rings. The number of methoxy groups -OCH3 is 1. The summed E-state index contributed by atoms with van der Waals surface area (Å²) in [6, 6.07) is 4.66. The molecule has 0 radical (unpaired) electrons. The molecule has 0 saturated carbocycles. The van der Waals surface area contributed by atoms with Gasteiger partial charge in [0.25, 0.3) is 5.91 Å². The van der Waals surface area contributed by atoms with Gasteiger partial charge in [-0.1, -0.05) is 6.42 Å². The van der Waals surface area contributed by atoms with Crippen LogP contribution in [0.25, 0.3) is 0 Å². The van der Waals surface area contributed by atoms with E-state index in [4.69, 9.17) is 9.47 Å². The molecule has 1 saturated heterocycles. The number of sulfonamides is 1. The second-order valence-electron chi connectivity index (χ2n) is 6.57. The quantitative estimate of drug-likeness (QED) is 0.679. The van der Waals surface area contributed by atoms with Gasteiger partial charge in [0.05, 0.1) is 13.2 Å². The monoisotopic (exact) mass is 439 g/mol. The number of piperidine rings is 1. The number of anilines is 1. The van der Waals surface area contributed by atoms with Crippen LogP contribution in [-0.4, -0.2) is 50.4 Å². The van der Waals surface area contributed by atoms with Crippen LogP contribution in [0, 0.1) is 0 Å². The fourth-order valence-electron chi connectivity index (χ4n) is 3.11. The molecular weight excluding hydrogens is 414 g/mol. The molecule has 1 amide bonds. The molecule has 0 spiro atoms. The summed E-state index contributed by atoms with van der Waals surface area (Å²) in [5, 5.41) is 5.06. The highest BCUT2D eigenvalue weighted by molar-refractivity contribution is 7.89. The zero-order valence-corrected chi connectivity index (χ0v) is 18.1. The van der Waals surface area contributed by atoms with Crippen LogP contribution in [-0.2, 0) is 21.4 Å². The van der Waals surface area contributed by atoms with Gasteiger partial charge in [0.15, 0.2) is 0 Å². The number of rotatable bonds is 8. The normalized spacial score (nSPS) is 15.2. The number of aromatic nitrogens is 1. The highest BCUT2D eigenvalue weighted by atomic mass is 32.2. The minimum Gasteiger partial charge on any atom is -0.492 e. The minimum absolute atomic E-state index is 0.0670. The zero-order chi connectivity index (χ0) is 20.9. The Bertz CT molecular complexity index is 953. The van der Waals surface area contributed by atoms with Gasteiger partial charge >= 0.3 is 0 Å². The molecule has 0 atom stereocenters. The Balaban J connectivity index is 1.86. The molecule has 2 heterocycles. The van der Waals surface area contributed by atoms with Crippen molar-refractivity contribution >= 4 is 33.0 Å². The number of nitrogens with zero attached hydrogens (tertiary/aromatic N) is 2. The van der Waals surface area contributed by atoms with Crippen molar-refractivity contribution in [3.63, 3.8) is 0 Å². The van der Waals surface area contributed by atoms with E-state index >= 15 is 0 Å². The highest BCUT2D eigenvalue weighted by Gasteiger charge is 2.29. The maximum Gasteiger partial charge on any atom is 0.275 e. The smallest absolute Gasteiger partial charge is 0.275 e. The van der Waals surface area contributed by atoms with Crippen molar-refractivity contribution in [1.82, 2.24) is 9.29 Å². The standard InChI is InChI=1S/C19H25N3O5S2/c1-3-27-16-8-7-14(20-19(23)15-13-28-18(21-15)12-26-2)11-17(16)29(24,25)22-9-5-4-6-10-22/h7-8,11,13H,3-6,9-10,12H2,1-2H3,(H,20,23). The largest absolute Gasteiger partial charge is 0.492 e. The van der Waals surface area contributed by atoms with Gasteiger partial charge in [-0.2, -0.15) is 4.31 Å². The first kappa shape index (κ1) is 21.7. The molecule has 0 unspecified atom stereocenters. The number of thiazole rings is 1. The van der Waals surface area contributed by atoms with E-state index in [1.165, 1.54) is 21.7 Å². The third-order valence-electron chi connectivity index (χ3n) is 4.49. The van der Waals surface area contributed by atoms with E-state index in [9.17, 15) is 13.2 Å². The van der Waals surface area contributed by atoms with Crippen LogP contribution in [0.1, 0.15) is 41.7 Å². The van der Waals surface area contributed by atoms with E-state index in [2.05, 4.69) is 10.3 Å². The van der Waals surface area contributed by atoms with E-state index in [0.29, 0.717) is 37.0 Å². The SMILES string of the molecule is CCOc1ccc(NC(=O)c2csc(COC)n2)cc1S(=O)(=O)N1CCCCC1. The molecule has 0 aliphatic carbocycles. The molecule has 1 aromatic heterocycles. The van der Waals surface area contributed by atoms with E-state index in [1.54, 1.807) is 31.5 Å². The molecule has 1 aliphatic rings. The molecular formula is C19H25N3O5S2. The Labute approximate surface area is 174 Å². The Hall–Kier alpha value is -2.01. The molecule has 1 N–H and O–H groups in total. The van der Waals surface area contributed by atoms with Crippen molar-refractivity contribution < 1.29 is 22.7 Å². The topological polar surface area (TPSA) is 97.8 Å². The number of amides is 1. The second-order valence-corrected chi connectivity index (χ2v) is 9.42. The van der Waals surface area contributed by atoms with Gasteiger partial charge < -0.3 is 14.8 Å². The predicted octanol–water partition coefficient (Wildman–Crippen LogP) is 3.12. The zero-order valence-electron chi connectivity index (χ0n) is 16.5. The molecule has 10 heteroatoms. The third kappa shape index (κ3) is 5.13. The molecule has 3 rings (SSSR count). The second kappa shape index (κ2) is 9.66. The number of hydrogen-bond acceptors (Lipinski definition) is 7. The minimum atomic E-state index is -3.71. The van der Waals surface area contributed by atoms with Crippen LogP contribution in [0.15, 0.2) is 28.5 Å². The number of carbonyl (C=O) groups excluding carboxylic acids is 1. The number of benzene rings is 1. The van der Waals surface area contributed by atoms with Crippen molar-refractivity contribution in [1.29, 1.82) is 0 Å². The lowest BCUT2D eigenvalue weighted by Gasteiger charge is -2.27. The summed E-state index contributed by atoms with van der Waals surface area (Å²) >= 11 is 1.33. The Kier molecular flexibility index (Phi) is 7.23. The average Bonchev–Trinajstić information content (AvgIpc) is 3.19. The van der Waals surface area contributed by atoms with Gasteiger partial charge in [0.2, 0.25) is 10.0 Å². The van der Waals surface area contributed by atoms with Gasteiger partial charge in [-0.25, -0.2) is 13.4 Å². The Morgan fingerprint density at radius 1 is 1.28 bits per heavy atom. The van der Waals surface area contributed by atoms with Crippen LogP contribution in [0.5, 0.6) is 5.75 Å². The van der Waals surface area contributed by atoms with E-state index in [1.807, 2.05) is 0 Å². The molecule has 1 fully saturated rings. The lowest BCUT2D eigenvalue weighted by molar-refractivity contribution is 0.102. The van der Waals surface area contributed by atoms with Gasteiger partial charge in [-0.05, 0) is 38.0 Å². The number of nitrogens with one attached hydrogen (secondary N) is 1. The van der Waals surface area contributed by atoms with Crippen molar-refractivity contribution in [3.05, 3.63) is 34.3 Å². The average molecular weight is 440 g/mol. The lowest BCUT2D eigenvalue weighted by Crippen LogP contribution is -2.35. The summed E-state index contributed by atoms with van der Waals surface area (Å²) in [6.07, 6.45) is 2.71. The summed E-state index contributed by atoms with van der Waals surface area (Å²) < 4.78 is 38.4. The van der Waals surface area contributed by atoms with Crippen molar-refractivity contribution in [2.45, 2.75) is 37.7 Å². The summed E-state index contributed by atoms with van der Waals surface area (Å²) in [5.41, 5.74) is 0.631. The predicted molar refractivity (Wildman–Crippen MR) is 111 cm³/mol. The number of ether oxygens (including phenoxy) is 2. The molecule has 1 aliphatic heterocycles. The lowest BCUT2D eigenvalue weighted by atomic mass is 10.2. The molecule has 8 nitrogen and oxygen atoms in total. The Morgan fingerprint density at radius 2 is 2.03 bits per heavy atom. The van der Waals surface area contributed by atoms with Crippen LogP contribution in [0.2, 0.25) is 0 Å². The van der Waals surface area contributed by atoms with Crippen LogP contribution in [0.3, 0.4) is 0 Å². The summed E-state index contributed by atoms with van der Waals surface area (Å²) in [5.74, 6) is -0.124. The fraction of sp³-hybridized carbons (Fsp3) is 0.474. The maximum atomic E-state index is 13.2. The first-order valence-corrected chi connectivity index (χ1v) is 11.8. The summed E-state index contributed by atoms with van der Waals surface area (Å²) in [7, 11) is -2.15. The van der Waals surface area contributed by atoms with Gasteiger partial charge in [0.1, 0.15) is 21.3 Å². The van der Waals surface area contributed by atoms with Crippen molar-refractivity contribution in [2.75, 3.05) is 32.1 Å². The molecule has 29 heavy (non-hydrogen) atoms. The molecule has 1 aromatic carbocycles. The Morgan fingerprint density at radius 3 is 2.72 bits per heavy atom. The van der Waals surface area contributed by atoms with Crippen LogP contribution in [0.4, 0.5) is 5.69 Å². The summed E-state index contributed by atoms with van der Waals surface area (Å²) in [4.78, 5) is 16.8. The fourth-order valence-corrected chi connectivity index (χ4v) is 5.53. The van der Waals surface area contributed by atoms with E-state index < -0.39 is 15.9 Å². The number of carbonyl (C=O) groups is 1. The van der Waals surface area contributed by atoms with Crippen LogP contribution < -0.4 is 10.1 Å². The van der Waals surface area contributed by atoms with Crippen LogP contribution >= 0.6 is 11.3 Å². The highest BCUT2D eigenvalue weighted by Crippen LogP contribution is 2.31. The van der Waals surface area contributed by atoms with E-state index in [0.717, 1.165) is 19.3 Å². The maximum absolute atomic E-state index is 13.2. The molecule has 158 valence electrons.